The Bertz CT molecular complexity index is 501. The van der Waals surface area contributed by atoms with E-state index >= 15 is 0 Å². The van der Waals surface area contributed by atoms with Crippen LogP contribution in [0.1, 0.15) is 12.8 Å². The van der Waals surface area contributed by atoms with Gasteiger partial charge < -0.3 is 10.6 Å². The van der Waals surface area contributed by atoms with Crippen molar-refractivity contribution in [2.45, 2.75) is 12.8 Å². The number of carbonyl (C=O) groups is 1. The van der Waals surface area contributed by atoms with Crippen LogP contribution in [-0.2, 0) is 4.79 Å². The molecule has 1 aromatic rings. The number of nitro groups is 1. The molecule has 1 aromatic carbocycles. The van der Waals surface area contributed by atoms with Crippen LogP contribution in [-0.4, -0.2) is 23.9 Å². The third-order valence-electron chi connectivity index (χ3n) is 3.06. The van der Waals surface area contributed by atoms with E-state index < -0.39 is 4.92 Å². The van der Waals surface area contributed by atoms with Crippen LogP contribution in [0.4, 0.5) is 11.4 Å². The number of carbonyl (C=O) groups excluding carboxylic acids is 1. The van der Waals surface area contributed by atoms with Crippen molar-refractivity contribution in [1.29, 1.82) is 0 Å². The molecule has 1 unspecified atom stereocenters. The molecule has 1 atom stereocenters. The fraction of sp³-hybridized carbons (Fsp3) is 0.417. The summed E-state index contributed by atoms with van der Waals surface area (Å²) in [6.45, 7) is 1.80. The van der Waals surface area contributed by atoms with E-state index in [0.29, 0.717) is 18.0 Å². The van der Waals surface area contributed by atoms with Gasteiger partial charge in [-0.2, -0.15) is 0 Å². The van der Waals surface area contributed by atoms with Gasteiger partial charge in [0.05, 0.1) is 4.92 Å². The van der Waals surface area contributed by atoms with Crippen LogP contribution in [0.15, 0.2) is 18.2 Å². The van der Waals surface area contributed by atoms with Crippen molar-refractivity contribution in [3.63, 3.8) is 0 Å². The fourth-order valence-corrected chi connectivity index (χ4v) is 2.35. The van der Waals surface area contributed by atoms with Gasteiger partial charge in [-0.1, -0.05) is 11.6 Å². The van der Waals surface area contributed by atoms with Gasteiger partial charge in [0.2, 0.25) is 5.91 Å². The first kappa shape index (κ1) is 13.8. The lowest BCUT2D eigenvalue weighted by Gasteiger charge is -2.09. The average molecular weight is 284 g/mol. The number of hydrogen-bond acceptors (Lipinski definition) is 4. The van der Waals surface area contributed by atoms with Crippen molar-refractivity contribution in [1.82, 2.24) is 5.32 Å². The van der Waals surface area contributed by atoms with Crippen LogP contribution < -0.4 is 10.6 Å². The average Bonchev–Trinajstić information content (AvgIpc) is 2.81. The maximum absolute atomic E-state index is 11.8. The molecule has 2 N–H and O–H groups in total. The standard InChI is InChI=1S/C12H14ClN3O3/c13-10-6-9(1-2-11(10)16(18)19)15-12(17)5-8-3-4-14-7-8/h1-2,6,8,14H,3-5,7H2,(H,15,17). The van der Waals surface area contributed by atoms with Crippen LogP contribution in [0.25, 0.3) is 0 Å². The van der Waals surface area contributed by atoms with Gasteiger partial charge in [-0.15, -0.1) is 0 Å². The fourth-order valence-electron chi connectivity index (χ4n) is 2.10. The van der Waals surface area contributed by atoms with Crippen molar-refractivity contribution in [3.05, 3.63) is 33.3 Å². The highest BCUT2D eigenvalue weighted by atomic mass is 35.5. The Kier molecular flexibility index (Phi) is 4.34. The summed E-state index contributed by atoms with van der Waals surface area (Å²) in [6, 6.07) is 4.16. The minimum Gasteiger partial charge on any atom is -0.326 e. The largest absolute Gasteiger partial charge is 0.326 e. The lowest BCUT2D eigenvalue weighted by Crippen LogP contribution is -2.18. The van der Waals surface area contributed by atoms with Crippen LogP contribution >= 0.6 is 11.6 Å². The van der Waals surface area contributed by atoms with E-state index in [1.165, 1.54) is 18.2 Å². The minimum atomic E-state index is -0.557. The quantitative estimate of drug-likeness (QED) is 0.655. The molecule has 0 bridgehead atoms. The van der Waals surface area contributed by atoms with Gasteiger partial charge in [-0.25, -0.2) is 0 Å². The lowest BCUT2D eigenvalue weighted by atomic mass is 10.0. The Labute approximate surface area is 115 Å². The van der Waals surface area contributed by atoms with Crippen molar-refractivity contribution >= 4 is 28.9 Å². The molecule has 0 radical (unpaired) electrons. The smallest absolute Gasteiger partial charge is 0.288 e. The number of nitrogens with zero attached hydrogens (tertiary/aromatic N) is 1. The van der Waals surface area contributed by atoms with Crippen molar-refractivity contribution in [2.75, 3.05) is 18.4 Å². The Morgan fingerprint density at radius 3 is 2.95 bits per heavy atom. The van der Waals surface area contributed by atoms with Crippen molar-refractivity contribution in [3.8, 4) is 0 Å². The van der Waals surface area contributed by atoms with E-state index in [9.17, 15) is 14.9 Å². The molecule has 1 heterocycles. The monoisotopic (exact) mass is 283 g/mol. The van der Waals surface area contributed by atoms with E-state index in [4.69, 9.17) is 11.6 Å². The molecule has 1 saturated heterocycles. The number of nitrogens with one attached hydrogen (secondary N) is 2. The van der Waals surface area contributed by atoms with E-state index in [2.05, 4.69) is 10.6 Å². The summed E-state index contributed by atoms with van der Waals surface area (Å²) in [7, 11) is 0. The Balaban J connectivity index is 1.96. The summed E-state index contributed by atoms with van der Waals surface area (Å²) in [6.07, 6.45) is 1.44. The van der Waals surface area contributed by atoms with Gasteiger partial charge in [-0.3, -0.25) is 14.9 Å². The van der Waals surface area contributed by atoms with Gasteiger partial charge in [0, 0.05) is 18.2 Å². The summed E-state index contributed by atoms with van der Waals surface area (Å²) in [5, 5.41) is 16.5. The van der Waals surface area contributed by atoms with Crippen LogP contribution in [0.2, 0.25) is 5.02 Å². The molecule has 0 aromatic heterocycles. The van der Waals surface area contributed by atoms with E-state index in [-0.39, 0.29) is 16.6 Å². The molecule has 0 aliphatic carbocycles. The van der Waals surface area contributed by atoms with Gasteiger partial charge in [0.1, 0.15) is 5.02 Å². The second-order valence-corrected chi connectivity index (χ2v) is 4.94. The van der Waals surface area contributed by atoms with Crippen LogP contribution in [0, 0.1) is 16.0 Å². The zero-order chi connectivity index (χ0) is 13.8. The number of amides is 1. The minimum absolute atomic E-state index is 0.0188. The lowest BCUT2D eigenvalue weighted by molar-refractivity contribution is -0.384. The van der Waals surface area contributed by atoms with Crippen molar-refractivity contribution in [2.24, 2.45) is 5.92 Å². The number of nitro benzene ring substituents is 1. The van der Waals surface area contributed by atoms with Gasteiger partial charge in [0.25, 0.3) is 5.69 Å². The number of anilines is 1. The highest BCUT2D eigenvalue weighted by molar-refractivity contribution is 6.33. The molecule has 19 heavy (non-hydrogen) atoms. The first-order valence-electron chi connectivity index (χ1n) is 6.01. The molecule has 2 rings (SSSR count). The normalized spacial score (nSPS) is 18.3. The first-order chi connectivity index (χ1) is 9.06. The van der Waals surface area contributed by atoms with E-state index in [1.54, 1.807) is 0 Å². The van der Waals surface area contributed by atoms with Crippen LogP contribution in [0.5, 0.6) is 0 Å². The molecule has 6 nitrogen and oxygen atoms in total. The molecule has 7 heteroatoms. The zero-order valence-corrected chi connectivity index (χ0v) is 10.9. The van der Waals surface area contributed by atoms with Gasteiger partial charge in [0.15, 0.2) is 0 Å². The molecule has 0 saturated carbocycles. The summed E-state index contributed by atoms with van der Waals surface area (Å²) in [5.41, 5.74) is 0.311. The number of rotatable bonds is 4. The molecule has 1 fully saturated rings. The highest BCUT2D eigenvalue weighted by Crippen LogP contribution is 2.27. The molecule has 1 amide bonds. The predicted octanol–water partition coefficient (Wildman–Crippen LogP) is 2.19. The number of hydrogen-bond donors (Lipinski definition) is 2. The zero-order valence-electron chi connectivity index (χ0n) is 10.2. The molecule has 102 valence electrons. The summed E-state index contributed by atoms with van der Waals surface area (Å²) in [4.78, 5) is 21.8. The number of benzene rings is 1. The van der Waals surface area contributed by atoms with Crippen molar-refractivity contribution < 1.29 is 9.72 Å². The predicted molar refractivity (Wildman–Crippen MR) is 72.3 cm³/mol. The molecular weight excluding hydrogens is 270 g/mol. The Morgan fingerprint density at radius 1 is 1.58 bits per heavy atom. The number of halogens is 1. The summed E-state index contributed by atoms with van der Waals surface area (Å²) in [5.74, 6) is 0.257. The van der Waals surface area contributed by atoms with Gasteiger partial charge in [-0.05, 0) is 37.6 Å². The van der Waals surface area contributed by atoms with E-state index in [1.807, 2.05) is 0 Å². The second kappa shape index (κ2) is 5.99. The summed E-state index contributed by atoms with van der Waals surface area (Å²) >= 11 is 5.78. The topological polar surface area (TPSA) is 84.3 Å². The maximum atomic E-state index is 11.8. The second-order valence-electron chi connectivity index (χ2n) is 4.53. The molecular formula is C12H14ClN3O3. The molecule has 0 spiro atoms. The SMILES string of the molecule is O=C(CC1CCNC1)Nc1ccc([N+](=O)[O-])c(Cl)c1. The van der Waals surface area contributed by atoms with E-state index in [0.717, 1.165) is 19.5 Å². The first-order valence-corrected chi connectivity index (χ1v) is 6.38. The Morgan fingerprint density at radius 2 is 2.37 bits per heavy atom. The third kappa shape index (κ3) is 3.65. The van der Waals surface area contributed by atoms with Crippen LogP contribution in [0.3, 0.4) is 0 Å². The summed E-state index contributed by atoms with van der Waals surface area (Å²) < 4.78 is 0. The molecule has 1 aliphatic rings. The molecule has 1 aliphatic heterocycles. The maximum Gasteiger partial charge on any atom is 0.288 e. The highest BCUT2D eigenvalue weighted by Gasteiger charge is 2.18. The Hall–Kier alpha value is -1.66. The van der Waals surface area contributed by atoms with Gasteiger partial charge >= 0.3 is 0 Å². The third-order valence-corrected chi connectivity index (χ3v) is 3.37.